The number of carbonyl (C=O) groups excluding carboxylic acids is 2. The lowest BCUT2D eigenvalue weighted by molar-refractivity contribution is -0.155. The van der Waals surface area contributed by atoms with E-state index in [1.165, 1.54) is 302 Å². The average Bonchev–Trinajstić information content (AvgIpc) is 3.41. The molecule has 1 atom stereocenters. The van der Waals surface area contributed by atoms with Crippen LogP contribution in [-0.4, -0.2) is 48.6 Å². The van der Waals surface area contributed by atoms with E-state index in [2.05, 4.69) is 19.1 Å². The van der Waals surface area contributed by atoms with Crippen molar-refractivity contribution in [1.82, 2.24) is 0 Å². The standard InChI is InChI=1S/C63H120O6/c1-2-3-4-5-6-7-8-9-10-11-12-13-14-15-16-17-18-19-20-21-22-23-24-25-26-27-28-29-30-31-32-33-34-35-36-37-38-39-40-41-42-43-44-45-46-47-48-49-50-51-52-53-54-60-55-61(66)68-58-63(56-64,57-65)59-69-62(60)67/h6-7,60,64-65H,2-5,8-59H2,1H3/b7-6+. The molecule has 1 unspecified atom stereocenters. The molecule has 0 radical (unpaired) electrons. The maximum absolute atomic E-state index is 12.5. The molecule has 2 N–H and O–H groups in total. The Morgan fingerprint density at radius 1 is 0.377 bits per heavy atom. The minimum atomic E-state index is -1.12. The fourth-order valence-electron chi connectivity index (χ4n) is 10.4. The van der Waals surface area contributed by atoms with Crippen LogP contribution in [0.4, 0.5) is 0 Å². The summed E-state index contributed by atoms with van der Waals surface area (Å²) in [7, 11) is 0. The van der Waals surface area contributed by atoms with E-state index in [-0.39, 0.29) is 19.6 Å². The van der Waals surface area contributed by atoms with E-state index < -0.39 is 36.5 Å². The predicted octanol–water partition coefficient (Wildman–Crippen LogP) is 19.5. The maximum atomic E-state index is 12.5. The van der Waals surface area contributed by atoms with Crippen LogP contribution in [0.3, 0.4) is 0 Å². The van der Waals surface area contributed by atoms with E-state index in [0.717, 1.165) is 19.3 Å². The highest BCUT2D eigenvalue weighted by atomic mass is 16.6. The van der Waals surface area contributed by atoms with Gasteiger partial charge >= 0.3 is 11.9 Å². The Hall–Kier alpha value is -1.40. The third-order valence-corrected chi connectivity index (χ3v) is 15.5. The van der Waals surface area contributed by atoms with Crippen molar-refractivity contribution in [2.45, 2.75) is 341 Å². The first kappa shape index (κ1) is 65.6. The second-order valence-corrected chi connectivity index (χ2v) is 22.4. The molecule has 0 spiro atoms. The van der Waals surface area contributed by atoms with Gasteiger partial charge in [0, 0.05) is 0 Å². The smallest absolute Gasteiger partial charge is 0.309 e. The van der Waals surface area contributed by atoms with Gasteiger partial charge in [-0.25, -0.2) is 0 Å². The second kappa shape index (κ2) is 52.9. The van der Waals surface area contributed by atoms with Gasteiger partial charge in [-0.15, -0.1) is 0 Å². The van der Waals surface area contributed by atoms with Crippen LogP contribution < -0.4 is 0 Å². The molecule has 1 heterocycles. The van der Waals surface area contributed by atoms with Gasteiger partial charge in [0.2, 0.25) is 0 Å². The molecule has 1 aliphatic heterocycles. The number of unbranched alkanes of at least 4 members (excludes halogenated alkanes) is 48. The van der Waals surface area contributed by atoms with Gasteiger partial charge in [0.05, 0.1) is 31.0 Å². The zero-order chi connectivity index (χ0) is 49.7. The fourth-order valence-corrected chi connectivity index (χ4v) is 10.4. The van der Waals surface area contributed by atoms with Crippen LogP contribution in [0.25, 0.3) is 0 Å². The summed E-state index contributed by atoms with van der Waals surface area (Å²) in [6.45, 7) is 1.19. The van der Waals surface area contributed by atoms with Crippen molar-refractivity contribution in [2.24, 2.45) is 11.3 Å². The van der Waals surface area contributed by atoms with E-state index in [4.69, 9.17) is 9.47 Å². The first-order valence-electron chi connectivity index (χ1n) is 31.3. The molecule has 1 fully saturated rings. The molecule has 6 heteroatoms. The average molecular weight is 974 g/mol. The largest absolute Gasteiger partial charge is 0.465 e. The number of ether oxygens (including phenoxy) is 2. The summed E-state index contributed by atoms with van der Waals surface area (Å²) in [5, 5.41) is 19.2. The Labute approximate surface area is 430 Å². The number of hydrogen-bond donors (Lipinski definition) is 2. The van der Waals surface area contributed by atoms with Gasteiger partial charge in [-0.3, -0.25) is 9.59 Å². The molecule has 0 aromatic rings. The molecule has 1 aliphatic rings. The lowest BCUT2D eigenvalue weighted by Crippen LogP contribution is -2.40. The van der Waals surface area contributed by atoms with Gasteiger partial charge in [0.25, 0.3) is 0 Å². The number of esters is 2. The van der Waals surface area contributed by atoms with Gasteiger partial charge in [-0.2, -0.15) is 0 Å². The highest BCUT2D eigenvalue weighted by molar-refractivity contribution is 5.80. The van der Waals surface area contributed by atoms with E-state index >= 15 is 0 Å². The van der Waals surface area contributed by atoms with Crippen LogP contribution in [-0.2, 0) is 19.1 Å². The quantitative estimate of drug-likeness (QED) is 0.0358. The topological polar surface area (TPSA) is 93.1 Å². The van der Waals surface area contributed by atoms with Crippen LogP contribution in [0.5, 0.6) is 0 Å². The van der Waals surface area contributed by atoms with Crippen molar-refractivity contribution >= 4 is 11.9 Å². The number of carbonyl (C=O) groups is 2. The van der Waals surface area contributed by atoms with Crippen LogP contribution in [0.15, 0.2) is 12.2 Å². The molecule has 0 aromatic carbocycles. The Balaban J connectivity index is 1.67. The molecular weight excluding hydrogens is 853 g/mol. The molecule has 0 amide bonds. The summed E-state index contributed by atoms with van der Waals surface area (Å²) in [5.74, 6) is -1.40. The lowest BCUT2D eigenvalue weighted by atomic mass is 9.92. The van der Waals surface area contributed by atoms with E-state index in [0.29, 0.717) is 6.42 Å². The number of cyclic esters (lactones) is 2. The Bertz CT molecular complexity index is 1090. The van der Waals surface area contributed by atoms with Crippen molar-refractivity contribution < 1.29 is 29.3 Å². The third-order valence-electron chi connectivity index (χ3n) is 15.5. The molecule has 0 aliphatic carbocycles. The van der Waals surface area contributed by atoms with Gasteiger partial charge < -0.3 is 19.7 Å². The summed E-state index contributed by atoms with van der Waals surface area (Å²) in [6.07, 6.45) is 75.7. The fraction of sp³-hybridized carbons (Fsp3) is 0.937. The van der Waals surface area contributed by atoms with Crippen LogP contribution in [0.1, 0.15) is 341 Å². The molecule has 69 heavy (non-hydrogen) atoms. The van der Waals surface area contributed by atoms with E-state index in [9.17, 15) is 19.8 Å². The van der Waals surface area contributed by atoms with Crippen molar-refractivity contribution in [2.75, 3.05) is 26.4 Å². The summed E-state index contributed by atoms with van der Waals surface area (Å²) in [6, 6.07) is 0. The maximum Gasteiger partial charge on any atom is 0.309 e. The summed E-state index contributed by atoms with van der Waals surface area (Å²) >= 11 is 0. The van der Waals surface area contributed by atoms with Crippen molar-refractivity contribution in [3.63, 3.8) is 0 Å². The van der Waals surface area contributed by atoms with Gasteiger partial charge in [-0.05, 0) is 32.1 Å². The minimum Gasteiger partial charge on any atom is -0.465 e. The van der Waals surface area contributed by atoms with Crippen molar-refractivity contribution in [1.29, 1.82) is 0 Å². The first-order valence-corrected chi connectivity index (χ1v) is 31.3. The predicted molar refractivity (Wildman–Crippen MR) is 297 cm³/mol. The Morgan fingerprint density at radius 2 is 0.623 bits per heavy atom. The third kappa shape index (κ3) is 45.0. The Kier molecular flexibility index (Phi) is 50.3. The molecule has 6 nitrogen and oxygen atoms in total. The summed E-state index contributed by atoms with van der Waals surface area (Å²) in [4.78, 5) is 24.7. The number of hydrogen-bond acceptors (Lipinski definition) is 6. The van der Waals surface area contributed by atoms with Crippen LogP contribution in [0.2, 0.25) is 0 Å². The van der Waals surface area contributed by atoms with E-state index in [1.54, 1.807) is 0 Å². The number of allylic oxidation sites excluding steroid dienone is 2. The summed E-state index contributed by atoms with van der Waals surface area (Å²) in [5.41, 5.74) is -1.12. The van der Waals surface area contributed by atoms with Gasteiger partial charge in [0.15, 0.2) is 0 Å². The minimum absolute atomic E-state index is 0.00517. The molecular formula is C63H120O6. The zero-order valence-electron chi connectivity index (χ0n) is 46.4. The second-order valence-electron chi connectivity index (χ2n) is 22.4. The number of aliphatic hydroxyl groups is 2. The normalized spacial score (nSPS) is 15.4. The first-order chi connectivity index (χ1) is 34.1. The van der Waals surface area contributed by atoms with Crippen molar-refractivity contribution in [3.8, 4) is 0 Å². The molecule has 1 rings (SSSR count). The van der Waals surface area contributed by atoms with E-state index in [1.807, 2.05) is 0 Å². The van der Waals surface area contributed by atoms with Gasteiger partial charge in [-0.1, -0.05) is 314 Å². The SMILES string of the molecule is CCCCC/C=C/CCCCCCCCCCCCCCCCCCCCCCCCCCCCCCCCCCCCCCCCCCCCCCCC1CC(=O)OCC(CO)(CO)COC1=O. The Morgan fingerprint density at radius 3 is 0.899 bits per heavy atom. The number of rotatable bonds is 54. The molecule has 0 bridgehead atoms. The molecule has 0 aromatic heterocycles. The molecule has 408 valence electrons. The lowest BCUT2D eigenvalue weighted by Gasteiger charge is -2.27. The molecule has 0 saturated carbocycles. The van der Waals surface area contributed by atoms with Crippen LogP contribution in [0, 0.1) is 11.3 Å². The van der Waals surface area contributed by atoms with Crippen LogP contribution >= 0.6 is 0 Å². The number of aliphatic hydroxyl groups excluding tert-OH is 2. The highest BCUT2D eigenvalue weighted by Crippen LogP contribution is 2.25. The highest BCUT2D eigenvalue weighted by Gasteiger charge is 2.36. The summed E-state index contributed by atoms with van der Waals surface area (Å²) < 4.78 is 10.6. The molecule has 1 saturated heterocycles. The zero-order valence-corrected chi connectivity index (χ0v) is 46.4. The monoisotopic (exact) mass is 973 g/mol. The van der Waals surface area contributed by atoms with Gasteiger partial charge in [0.1, 0.15) is 13.2 Å². The van der Waals surface area contributed by atoms with Crippen molar-refractivity contribution in [3.05, 3.63) is 12.2 Å².